The van der Waals surface area contributed by atoms with Crippen LogP contribution < -0.4 is 0 Å². The summed E-state index contributed by atoms with van der Waals surface area (Å²) in [5.74, 6) is -0.976. The van der Waals surface area contributed by atoms with Crippen LogP contribution in [0, 0.1) is 21.4 Å². The van der Waals surface area contributed by atoms with E-state index < -0.39 is 10.7 Å². The molecule has 0 amide bonds. The number of carbonyl (C=O) groups is 1. The Bertz CT molecular complexity index is 1320. The topological polar surface area (TPSA) is 134 Å². The number of ketones is 1. The average Bonchev–Trinajstić information content (AvgIpc) is 3.17. The number of nitriles is 1. The number of aromatic nitrogens is 3. The summed E-state index contributed by atoms with van der Waals surface area (Å²) in [5, 5.41) is 34.2. The van der Waals surface area contributed by atoms with Crippen molar-refractivity contribution in [1.29, 1.82) is 5.26 Å². The van der Waals surface area contributed by atoms with Gasteiger partial charge in [-0.25, -0.2) is 9.50 Å². The Hall–Kier alpha value is -4.58. The van der Waals surface area contributed by atoms with E-state index in [1.54, 1.807) is 30.3 Å². The Morgan fingerprint density at radius 3 is 2.62 bits per heavy atom. The number of fused-ring (bicyclic) bond motifs is 1. The summed E-state index contributed by atoms with van der Waals surface area (Å²) in [6.07, 6.45) is 2.76. The molecule has 9 nitrogen and oxygen atoms in total. The zero-order valence-electron chi connectivity index (χ0n) is 14.7. The highest BCUT2D eigenvalue weighted by atomic mass is 16.6. The molecule has 0 aliphatic rings. The van der Waals surface area contributed by atoms with Crippen LogP contribution in [0.1, 0.15) is 21.5 Å². The minimum absolute atomic E-state index is 0.114. The van der Waals surface area contributed by atoms with Crippen molar-refractivity contribution in [3.8, 4) is 23.1 Å². The van der Waals surface area contributed by atoms with Gasteiger partial charge in [0.1, 0.15) is 5.75 Å². The van der Waals surface area contributed by atoms with Crippen LogP contribution in [0.25, 0.3) is 16.9 Å². The molecule has 1 N–H and O–H groups in total. The molecule has 0 spiro atoms. The molecule has 4 rings (SSSR count). The van der Waals surface area contributed by atoms with E-state index in [-0.39, 0.29) is 22.6 Å². The van der Waals surface area contributed by atoms with Gasteiger partial charge in [-0.15, -0.1) is 0 Å². The van der Waals surface area contributed by atoms with Crippen LogP contribution in [0.15, 0.2) is 60.9 Å². The lowest BCUT2D eigenvalue weighted by Gasteiger charge is -2.04. The first-order chi connectivity index (χ1) is 14.0. The molecule has 2 aromatic heterocycles. The molecule has 0 aliphatic heterocycles. The van der Waals surface area contributed by atoms with Gasteiger partial charge in [0.05, 0.1) is 33.4 Å². The predicted molar refractivity (Wildman–Crippen MR) is 101 cm³/mol. The quantitative estimate of drug-likeness (QED) is 0.324. The fraction of sp³-hybridized carbons (Fsp3) is 0. The summed E-state index contributed by atoms with van der Waals surface area (Å²) in [5.41, 5.74) is 2.01. The van der Waals surface area contributed by atoms with Crippen molar-refractivity contribution in [2.24, 2.45) is 0 Å². The Morgan fingerprint density at radius 1 is 1.17 bits per heavy atom. The number of phenols is 1. The highest BCUT2D eigenvalue weighted by Crippen LogP contribution is 2.26. The SMILES string of the molecule is N#Cc1ccc(-c2cc3ncc(C(=O)c4cc([N+](=O)[O-])ccc4O)cn3n2)cc1. The molecule has 0 atom stereocenters. The number of benzene rings is 2. The number of carbonyl (C=O) groups excluding carboxylic acids is 1. The largest absolute Gasteiger partial charge is 0.507 e. The van der Waals surface area contributed by atoms with E-state index >= 15 is 0 Å². The first kappa shape index (κ1) is 17.8. The molecular formula is C20H11N5O4. The highest BCUT2D eigenvalue weighted by Gasteiger charge is 2.19. The monoisotopic (exact) mass is 385 g/mol. The van der Waals surface area contributed by atoms with Gasteiger partial charge < -0.3 is 5.11 Å². The van der Waals surface area contributed by atoms with E-state index in [1.165, 1.54) is 16.9 Å². The smallest absolute Gasteiger partial charge is 0.270 e. The third-order valence-corrected chi connectivity index (χ3v) is 4.32. The Labute approximate surface area is 163 Å². The van der Waals surface area contributed by atoms with Gasteiger partial charge >= 0.3 is 0 Å². The van der Waals surface area contributed by atoms with Crippen molar-refractivity contribution >= 4 is 17.1 Å². The lowest BCUT2D eigenvalue weighted by molar-refractivity contribution is -0.384. The third kappa shape index (κ3) is 3.26. The molecular weight excluding hydrogens is 374 g/mol. The fourth-order valence-corrected chi connectivity index (χ4v) is 2.83. The van der Waals surface area contributed by atoms with Gasteiger partial charge in [0.15, 0.2) is 11.4 Å². The van der Waals surface area contributed by atoms with Gasteiger partial charge in [-0.2, -0.15) is 10.4 Å². The van der Waals surface area contributed by atoms with Crippen LogP contribution in [0.4, 0.5) is 5.69 Å². The molecule has 4 aromatic rings. The normalized spacial score (nSPS) is 10.6. The first-order valence-corrected chi connectivity index (χ1v) is 8.34. The summed E-state index contributed by atoms with van der Waals surface area (Å²) in [6.45, 7) is 0. The van der Waals surface area contributed by atoms with E-state index in [0.29, 0.717) is 16.9 Å². The number of phenolic OH excluding ortho intramolecular Hbond substituents is 1. The van der Waals surface area contributed by atoms with Crippen LogP contribution in [0.3, 0.4) is 0 Å². The van der Waals surface area contributed by atoms with E-state index in [9.17, 15) is 20.0 Å². The predicted octanol–water partition coefficient (Wildman–Crippen LogP) is 3.11. The Morgan fingerprint density at radius 2 is 1.93 bits per heavy atom. The van der Waals surface area contributed by atoms with Crippen LogP contribution in [0.5, 0.6) is 5.75 Å². The standard InChI is InChI=1S/C20H11N5O4/c21-9-12-1-3-13(4-2-12)17-8-19-22-10-14(11-24(19)23-17)20(27)16-7-15(25(28)29)5-6-18(16)26/h1-8,10-11,26H. The molecule has 0 saturated heterocycles. The third-order valence-electron chi connectivity index (χ3n) is 4.32. The zero-order chi connectivity index (χ0) is 20.5. The van der Waals surface area contributed by atoms with Crippen molar-refractivity contribution in [1.82, 2.24) is 14.6 Å². The van der Waals surface area contributed by atoms with Gasteiger partial charge in [0.2, 0.25) is 0 Å². The summed E-state index contributed by atoms with van der Waals surface area (Å²) < 4.78 is 1.41. The molecule has 9 heteroatoms. The van der Waals surface area contributed by atoms with E-state index in [0.717, 1.165) is 23.8 Å². The molecule has 29 heavy (non-hydrogen) atoms. The Kier molecular flexibility index (Phi) is 4.22. The second-order valence-corrected chi connectivity index (χ2v) is 6.15. The maximum absolute atomic E-state index is 12.7. The van der Waals surface area contributed by atoms with Gasteiger partial charge in [0, 0.05) is 36.2 Å². The molecule has 2 aromatic carbocycles. The summed E-state index contributed by atoms with van der Waals surface area (Å²) in [6, 6.07) is 13.9. The van der Waals surface area contributed by atoms with Crippen LogP contribution in [-0.4, -0.2) is 30.4 Å². The van der Waals surface area contributed by atoms with Crippen molar-refractivity contribution in [3.63, 3.8) is 0 Å². The second kappa shape index (κ2) is 6.86. The minimum Gasteiger partial charge on any atom is -0.507 e. The van der Waals surface area contributed by atoms with Gasteiger partial charge in [-0.3, -0.25) is 14.9 Å². The van der Waals surface area contributed by atoms with Gasteiger partial charge in [-0.1, -0.05) is 12.1 Å². The minimum atomic E-state index is -0.644. The molecule has 0 radical (unpaired) electrons. The van der Waals surface area contributed by atoms with E-state index in [2.05, 4.69) is 10.1 Å². The fourth-order valence-electron chi connectivity index (χ4n) is 2.83. The van der Waals surface area contributed by atoms with Gasteiger partial charge in [-0.05, 0) is 18.2 Å². The van der Waals surface area contributed by atoms with Crippen molar-refractivity contribution < 1.29 is 14.8 Å². The van der Waals surface area contributed by atoms with Crippen LogP contribution >= 0.6 is 0 Å². The number of hydrogen-bond donors (Lipinski definition) is 1. The van der Waals surface area contributed by atoms with Crippen LogP contribution in [-0.2, 0) is 0 Å². The molecule has 0 fully saturated rings. The van der Waals surface area contributed by atoms with E-state index in [4.69, 9.17) is 5.26 Å². The highest BCUT2D eigenvalue weighted by molar-refractivity contribution is 6.10. The number of nitrogens with zero attached hydrogens (tertiary/aromatic N) is 5. The number of nitro groups is 1. The molecule has 0 saturated carbocycles. The number of aromatic hydroxyl groups is 1. The number of nitro benzene ring substituents is 1. The first-order valence-electron chi connectivity index (χ1n) is 8.34. The Balaban J connectivity index is 1.72. The van der Waals surface area contributed by atoms with Crippen molar-refractivity contribution in [3.05, 3.63) is 87.7 Å². The average molecular weight is 385 g/mol. The summed E-state index contributed by atoms with van der Waals surface area (Å²) in [4.78, 5) is 27.2. The second-order valence-electron chi connectivity index (χ2n) is 6.15. The maximum atomic E-state index is 12.7. The maximum Gasteiger partial charge on any atom is 0.270 e. The van der Waals surface area contributed by atoms with Gasteiger partial charge in [0.25, 0.3) is 5.69 Å². The summed E-state index contributed by atoms with van der Waals surface area (Å²) in [7, 11) is 0. The lowest BCUT2D eigenvalue weighted by atomic mass is 10.0. The number of non-ortho nitro benzene ring substituents is 1. The molecule has 2 heterocycles. The molecule has 0 aliphatic carbocycles. The van der Waals surface area contributed by atoms with Crippen LogP contribution in [0.2, 0.25) is 0 Å². The lowest BCUT2D eigenvalue weighted by Crippen LogP contribution is -2.05. The summed E-state index contributed by atoms with van der Waals surface area (Å²) >= 11 is 0. The number of rotatable bonds is 4. The van der Waals surface area contributed by atoms with Crippen molar-refractivity contribution in [2.45, 2.75) is 0 Å². The molecule has 140 valence electrons. The molecule has 0 bridgehead atoms. The zero-order valence-corrected chi connectivity index (χ0v) is 14.7. The molecule has 0 unspecified atom stereocenters. The number of hydrogen-bond acceptors (Lipinski definition) is 7. The van der Waals surface area contributed by atoms with E-state index in [1.807, 2.05) is 6.07 Å². The van der Waals surface area contributed by atoms with Crippen molar-refractivity contribution in [2.75, 3.05) is 0 Å².